The van der Waals surface area contributed by atoms with Gasteiger partial charge in [-0.3, -0.25) is 4.79 Å². The number of sulfonamides is 1. The van der Waals surface area contributed by atoms with E-state index < -0.39 is 10.0 Å². The van der Waals surface area contributed by atoms with Crippen LogP contribution < -0.4 is 10.3 Å². The van der Waals surface area contributed by atoms with Crippen molar-refractivity contribution in [3.63, 3.8) is 0 Å². The van der Waals surface area contributed by atoms with E-state index >= 15 is 0 Å². The zero-order valence-corrected chi connectivity index (χ0v) is 15.9. The molecule has 1 aromatic carbocycles. The highest BCUT2D eigenvalue weighted by molar-refractivity contribution is 7.89. The number of nitrogens with one attached hydrogen (secondary N) is 1. The van der Waals surface area contributed by atoms with Crippen molar-refractivity contribution in [3.05, 3.63) is 58.0 Å². The number of aryl methyl sites for hydroxylation is 1. The standard InChI is InChI=1S/C19H24N2O4S/c1-3-14-12-17(4-5-18(14)25-2)26(23,24)21-10-7-15(8-11-21)16-6-9-20-19(22)13-16/h4-6,9,12-13,15H,3,7-8,10-11H2,1-2H3,(H,20,22). The molecular formula is C19H24N2O4S. The summed E-state index contributed by atoms with van der Waals surface area (Å²) in [7, 11) is -1.94. The van der Waals surface area contributed by atoms with Gasteiger partial charge in [-0.05, 0) is 60.6 Å². The number of nitrogens with zero attached hydrogens (tertiary/aromatic N) is 1. The fourth-order valence-corrected chi connectivity index (χ4v) is 5.01. The second-order valence-electron chi connectivity index (χ2n) is 6.49. The first kappa shape index (κ1) is 18.7. The second-order valence-corrected chi connectivity index (χ2v) is 8.43. The smallest absolute Gasteiger partial charge is 0.248 e. The molecule has 0 spiro atoms. The fraction of sp³-hybridized carbons (Fsp3) is 0.421. The number of pyridine rings is 1. The number of methoxy groups -OCH3 is 1. The van der Waals surface area contributed by atoms with E-state index in [1.807, 2.05) is 13.0 Å². The Balaban J connectivity index is 1.77. The second kappa shape index (κ2) is 7.63. The SMILES string of the molecule is CCc1cc(S(=O)(=O)N2CCC(c3cc[nH]c(=O)c3)CC2)ccc1OC. The molecule has 1 aliphatic heterocycles. The van der Waals surface area contributed by atoms with Crippen LogP contribution in [-0.4, -0.2) is 37.9 Å². The topological polar surface area (TPSA) is 79.5 Å². The van der Waals surface area contributed by atoms with Gasteiger partial charge >= 0.3 is 0 Å². The van der Waals surface area contributed by atoms with Crippen molar-refractivity contribution in [2.24, 2.45) is 0 Å². The van der Waals surface area contributed by atoms with Gasteiger partial charge in [0.05, 0.1) is 12.0 Å². The summed E-state index contributed by atoms with van der Waals surface area (Å²) in [5, 5.41) is 0. The summed E-state index contributed by atoms with van der Waals surface area (Å²) < 4.78 is 32.8. The summed E-state index contributed by atoms with van der Waals surface area (Å²) in [6.45, 7) is 2.88. The molecule has 1 saturated heterocycles. The molecule has 0 amide bonds. The maximum absolute atomic E-state index is 13.0. The van der Waals surface area contributed by atoms with Gasteiger partial charge in [0.1, 0.15) is 5.75 Å². The molecule has 0 saturated carbocycles. The van der Waals surface area contributed by atoms with Crippen LogP contribution in [0.5, 0.6) is 5.75 Å². The minimum absolute atomic E-state index is 0.122. The highest BCUT2D eigenvalue weighted by Crippen LogP contribution is 2.31. The van der Waals surface area contributed by atoms with Crippen LogP contribution in [0.15, 0.2) is 46.2 Å². The third-order valence-corrected chi connectivity index (χ3v) is 6.89. The fourth-order valence-electron chi connectivity index (χ4n) is 3.49. The van der Waals surface area contributed by atoms with Crippen molar-refractivity contribution < 1.29 is 13.2 Å². The Morgan fingerprint density at radius 2 is 1.92 bits per heavy atom. The van der Waals surface area contributed by atoms with E-state index in [0.29, 0.717) is 43.0 Å². The summed E-state index contributed by atoms with van der Waals surface area (Å²) in [5.74, 6) is 0.922. The minimum atomic E-state index is -3.52. The molecule has 0 bridgehead atoms. The monoisotopic (exact) mass is 376 g/mol. The van der Waals surface area contributed by atoms with Gasteiger partial charge in [0, 0.05) is 25.4 Å². The molecule has 140 valence electrons. The number of aromatic nitrogens is 1. The number of benzene rings is 1. The van der Waals surface area contributed by atoms with E-state index in [1.54, 1.807) is 37.6 Å². The van der Waals surface area contributed by atoms with Crippen LogP contribution in [0.4, 0.5) is 0 Å². The van der Waals surface area contributed by atoms with Gasteiger partial charge in [-0.2, -0.15) is 4.31 Å². The molecule has 3 rings (SSSR count). The Morgan fingerprint density at radius 1 is 1.19 bits per heavy atom. The lowest BCUT2D eigenvalue weighted by molar-refractivity contribution is 0.319. The summed E-state index contributed by atoms with van der Waals surface area (Å²) >= 11 is 0. The number of piperidine rings is 1. The maximum Gasteiger partial charge on any atom is 0.248 e. The molecule has 0 unspecified atom stereocenters. The molecule has 0 atom stereocenters. The first-order valence-electron chi connectivity index (χ1n) is 8.81. The van der Waals surface area contributed by atoms with Gasteiger partial charge in [0.15, 0.2) is 0 Å². The number of ether oxygens (including phenoxy) is 1. The Kier molecular flexibility index (Phi) is 5.48. The summed E-state index contributed by atoms with van der Waals surface area (Å²) in [4.78, 5) is 14.4. The molecule has 26 heavy (non-hydrogen) atoms. The van der Waals surface area contributed by atoms with Gasteiger partial charge in [-0.15, -0.1) is 0 Å². The van der Waals surface area contributed by atoms with Gasteiger partial charge in [-0.1, -0.05) is 6.92 Å². The van der Waals surface area contributed by atoms with E-state index in [9.17, 15) is 13.2 Å². The van der Waals surface area contributed by atoms with Crippen molar-refractivity contribution >= 4 is 10.0 Å². The average molecular weight is 376 g/mol. The van der Waals surface area contributed by atoms with Crippen LogP contribution in [-0.2, 0) is 16.4 Å². The van der Waals surface area contributed by atoms with E-state index in [0.717, 1.165) is 11.1 Å². The molecular weight excluding hydrogens is 352 g/mol. The van der Waals surface area contributed by atoms with Gasteiger partial charge in [0.2, 0.25) is 15.6 Å². The van der Waals surface area contributed by atoms with Gasteiger partial charge < -0.3 is 9.72 Å². The predicted octanol–water partition coefficient (Wildman–Crippen LogP) is 2.51. The molecule has 1 N–H and O–H groups in total. The first-order chi connectivity index (χ1) is 12.5. The lowest BCUT2D eigenvalue weighted by Gasteiger charge is -2.31. The van der Waals surface area contributed by atoms with Crippen molar-refractivity contribution in [1.29, 1.82) is 0 Å². The van der Waals surface area contributed by atoms with Crippen LogP contribution >= 0.6 is 0 Å². The Morgan fingerprint density at radius 3 is 2.54 bits per heavy atom. The van der Waals surface area contributed by atoms with Crippen molar-refractivity contribution in [3.8, 4) is 5.75 Å². The lowest BCUT2D eigenvalue weighted by Crippen LogP contribution is -2.38. The summed E-state index contributed by atoms with van der Waals surface area (Å²) in [6.07, 6.45) is 3.76. The third-order valence-electron chi connectivity index (χ3n) is 5.00. The molecule has 7 heteroatoms. The van der Waals surface area contributed by atoms with Crippen molar-refractivity contribution in [1.82, 2.24) is 9.29 Å². The number of H-pyrrole nitrogens is 1. The zero-order chi connectivity index (χ0) is 18.7. The molecule has 6 nitrogen and oxygen atoms in total. The van der Waals surface area contributed by atoms with Gasteiger partial charge in [0.25, 0.3) is 0 Å². The van der Waals surface area contributed by atoms with Crippen LogP contribution in [0.25, 0.3) is 0 Å². The van der Waals surface area contributed by atoms with Crippen LogP contribution in [0.3, 0.4) is 0 Å². The van der Waals surface area contributed by atoms with Crippen LogP contribution in [0, 0.1) is 0 Å². The van der Waals surface area contributed by atoms with E-state index in [2.05, 4.69) is 4.98 Å². The third kappa shape index (κ3) is 3.68. The maximum atomic E-state index is 13.0. The molecule has 2 heterocycles. The summed E-state index contributed by atoms with van der Waals surface area (Å²) in [6, 6.07) is 8.53. The van der Waals surface area contributed by atoms with Crippen LogP contribution in [0.1, 0.15) is 36.8 Å². The lowest BCUT2D eigenvalue weighted by atomic mass is 9.91. The van der Waals surface area contributed by atoms with E-state index in [4.69, 9.17) is 4.74 Å². The number of hydrogen-bond donors (Lipinski definition) is 1. The number of aromatic amines is 1. The van der Waals surface area contributed by atoms with Crippen molar-refractivity contribution in [2.75, 3.05) is 20.2 Å². The molecule has 2 aromatic rings. The molecule has 1 aliphatic rings. The highest BCUT2D eigenvalue weighted by Gasteiger charge is 2.30. The van der Waals surface area contributed by atoms with Gasteiger partial charge in [-0.25, -0.2) is 8.42 Å². The van der Waals surface area contributed by atoms with E-state index in [1.165, 1.54) is 4.31 Å². The molecule has 0 radical (unpaired) electrons. The van der Waals surface area contributed by atoms with E-state index in [-0.39, 0.29) is 11.5 Å². The Hall–Kier alpha value is -2.12. The molecule has 1 aromatic heterocycles. The zero-order valence-electron chi connectivity index (χ0n) is 15.1. The van der Waals surface area contributed by atoms with Crippen LogP contribution in [0.2, 0.25) is 0 Å². The normalized spacial score (nSPS) is 16.5. The molecule has 1 fully saturated rings. The highest BCUT2D eigenvalue weighted by atomic mass is 32.2. The number of hydrogen-bond acceptors (Lipinski definition) is 4. The largest absolute Gasteiger partial charge is 0.496 e. The quantitative estimate of drug-likeness (QED) is 0.870. The molecule has 0 aliphatic carbocycles. The Bertz CT molecular complexity index is 929. The first-order valence-corrected chi connectivity index (χ1v) is 10.3. The number of rotatable bonds is 5. The Labute approximate surface area is 153 Å². The predicted molar refractivity (Wildman–Crippen MR) is 100 cm³/mol. The minimum Gasteiger partial charge on any atom is -0.496 e. The average Bonchev–Trinajstić information content (AvgIpc) is 2.67. The van der Waals surface area contributed by atoms with Crippen molar-refractivity contribution in [2.45, 2.75) is 37.0 Å². The summed E-state index contributed by atoms with van der Waals surface area (Å²) in [5.41, 5.74) is 1.73.